The summed E-state index contributed by atoms with van der Waals surface area (Å²) in [5.74, 6) is 0. The Hall–Kier alpha value is -1.06. The van der Waals surface area contributed by atoms with E-state index < -0.39 is 0 Å². The zero-order valence-corrected chi connectivity index (χ0v) is 8.48. The Labute approximate surface area is 84.3 Å². The lowest BCUT2D eigenvalue weighted by molar-refractivity contribution is 0.567. The van der Waals surface area contributed by atoms with Gasteiger partial charge in [-0.3, -0.25) is 0 Å². The number of hydrogen-bond acceptors (Lipinski definition) is 3. The van der Waals surface area contributed by atoms with Crippen LogP contribution in [0.1, 0.15) is 0 Å². The van der Waals surface area contributed by atoms with Crippen molar-refractivity contribution < 1.29 is 4.42 Å². The summed E-state index contributed by atoms with van der Waals surface area (Å²) >= 11 is 3.61. The van der Waals surface area contributed by atoms with Crippen molar-refractivity contribution in [3.8, 4) is 0 Å². The molecule has 3 aromatic rings. The van der Waals surface area contributed by atoms with Crippen LogP contribution >= 0.6 is 22.7 Å². The summed E-state index contributed by atoms with van der Waals surface area (Å²) in [7, 11) is 0. The molecule has 0 aliphatic heterocycles. The van der Waals surface area contributed by atoms with E-state index >= 15 is 0 Å². The van der Waals surface area contributed by atoms with Crippen LogP contribution in [-0.4, -0.2) is 0 Å². The van der Waals surface area contributed by atoms with E-state index in [-0.39, 0.29) is 0 Å². The fraction of sp³-hybridized carbons (Fsp3) is 0. The molecule has 0 bridgehead atoms. The number of fused-ring (bicyclic) bond motifs is 1. The Morgan fingerprint density at radius 2 is 1.38 bits per heavy atom. The van der Waals surface area contributed by atoms with Crippen molar-refractivity contribution in [2.75, 3.05) is 0 Å². The average molecular weight is 208 g/mol. The predicted octanol–water partition coefficient (Wildman–Crippen LogP) is 4.24. The van der Waals surface area contributed by atoms with Crippen LogP contribution in [0.5, 0.6) is 0 Å². The van der Waals surface area contributed by atoms with Crippen LogP contribution in [0.4, 0.5) is 0 Å². The molecule has 0 N–H and O–H groups in total. The number of rotatable bonds is 0. The summed E-state index contributed by atoms with van der Waals surface area (Å²) in [5, 5.41) is 4.25. The Morgan fingerprint density at radius 3 is 1.77 bits per heavy atom. The fourth-order valence-corrected chi connectivity index (χ4v) is 2.75. The second-order valence-electron chi connectivity index (χ2n) is 2.36. The van der Waals surface area contributed by atoms with Gasteiger partial charge in [0.2, 0.25) is 0 Å². The highest BCUT2D eigenvalue weighted by Crippen LogP contribution is 2.25. The minimum atomic E-state index is 1.41. The van der Waals surface area contributed by atoms with Gasteiger partial charge in [-0.25, -0.2) is 0 Å². The van der Waals surface area contributed by atoms with Crippen LogP contribution in [-0.2, 0) is 0 Å². The summed E-state index contributed by atoms with van der Waals surface area (Å²) in [6, 6.07) is 7.98. The van der Waals surface area contributed by atoms with Gasteiger partial charge in [0.25, 0.3) is 0 Å². The van der Waals surface area contributed by atoms with Crippen LogP contribution in [0.15, 0.2) is 52.0 Å². The minimum absolute atomic E-state index is 1.41. The largest absolute Gasteiger partial charge is 0.473 e. The zero-order valence-electron chi connectivity index (χ0n) is 6.84. The van der Waals surface area contributed by atoms with Crippen LogP contribution < -0.4 is 0 Å². The number of hydrogen-bond donors (Lipinski definition) is 0. The van der Waals surface area contributed by atoms with Gasteiger partial charge in [0.15, 0.2) is 0 Å². The highest BCUT2D eigenvalue weighted by Gasteiger charge is 1.90. The maximum absolute atomic E-state index is 4.58. The van der Waals surface area contributed by atoms with E-state index in [0.29, 0.717) is 0 Å². The van der Waals surface area contributed by atoms with Gasteiger partial charge < -0.3 is 4.42 Å². The molecule has 0 atom stereocenters. The molecule has 3 heteroatoms. The van der Waals surface area contributed by atoms with Gasteiger partial charge >= 0.3 is 0 Å². The van der Waals surface area contributed by atoms with Gasteiger partial charge in [-0.2, -0.15) is 0 Å². The SMILES string of the molecule is c1cc2sccc2s1.c1ccoc1. The molecule has 3 rings (SSSR count). The highest BCUT2D eigenvalue weighted by molar-refractivity contribution is 7.25. The van der Waals surface area contributed by atoms with Gasteiger partial charge in [0.1, 0.15) is 0 Å². The van der Waals surface area contributed by atoms with Crippen molar-refractivity contribution in [1.29, 1.82) is 0 Å². The van der Waals surface area contributed by atoms with E-state index in [1.807, 2.05) is 12.1 Å². The van der Waals surface area contributed by atoms with E-state index in [1.54, 1.807) is 35.2 Å². The molecule has 0 unspecified atom stereocenters. The Morgan fingerprint density at radius 1 is 0.846 bits per heavy atom. The zero-order chi connectivity index (χ0) is 8.93. The van der Waals surface area contributed by atoms with Crippen LogP contribution in [0.2, 0.25) is 0 Å². The van der Waals surface area contributed by atoms with Gasteiger partial charge in [0, 0.05) is 9.40 Å². The molecule has 3 aromatic heterocycles. The summed E-state index contributed by atoms with van der Waals surface area (Å²) in [6.07, 6.45) is 3.25. The first-order valence-corrected chi connectivity index (χ1v) is 5.60. The Kier molecular flexibility index (Phi) is 2.79. The fourth-order valence-electron chi connectivity index (χ4n) is 0.924. The Bertz CT molecular complexity index is 368. The molecule has 0 saturated carbocycles. The van der Waals surface area contributed by atoms with Gasteiger partial charge in [-0.1, -0.05) is 0 Å². The molecular formula is C10H8OS2. The monoisotopic (exact) mass is 208 g/mol. The lowest BCUT2D eigenvalue weighted by atomic mass is 10.5. The molecular weight excluding hydrogens is 200 g/mol. The highest BCUT2D eigenvalue weighted by atomic mass is 32.1. The van der Waals surface area contributed by atoms with Crippen molar-refractivity contribution in [3.05, 3.63) is 47.6 Å². The summed E-state index contributed by atoms with van der Waals surface area (Å²) in [6.45, 7) is 0. The topological polar surface area (TPSA) is 13.1 Å². The molecule has 13 heavy (non-hydrogen) atoms. The minimum Gasteiger partial charge on any atom is -0.473 e. The van der Waals surface area contributed by atoms with E-state index in [2.05, 4.69) is 27.3 Å². The quantitative estimate of drug-likeness (QED) is 0.538. The molecule has 0 saturated heterocycles. The molecule has 0 aromatic carbocycles. The summed E-state index contributed by atoms with van der Waals surface area (Å²) in [5.41, 5.74) is 0. The number of furan rings is 1. The van der Waals surface area contributed by atoms with E-state index in [9.17, 15) is 0 Å². The molecule has 66 valence electrons. The lowest BCUT2D eigenvalue weighted by Gasteiger charge is -1.63. The van der Waals surface area contributed by atoms with Gasteiger partial charge in [0.05, 0.1) is 12.5 Å². The molecule has 0 aliphatic rings. The van der Waals surface area contributed by atoms with E-state index in [4.69, 9.17) is 0 Å². The van der Waals surface area contributed by atoms with Crippen molar-refractivity contribution in [3.63, 3.8) is 0 Å². The van der Waals surface area contributed by atoms with E-state index in [0.717, 1.165) is 0 Å². The lowest BCUT2D eigenvalue weighted by Crippen LogP contribution is -1.33. The standard InChI is InChI=1S/C6H4S2.C4H4O/c1-3-7-6-2-4-8-5(1)6;1-2-4-5-3-1/h1-4H;1-4H. The smallest absolute Gasteiger partial charge is 0.0902 e. The molecule has 0 spiro atoms. The molecule has 3 heterocycles. The maximum atomic E-state index is 4.58. The van der Waals surface area contributed by atoms with Crippen molar-refractivity contribution in [1.82, 2.24) is 0 Å². The van der Waals surface area contributed by atoms with Gasteiger partial charge in [-0.15, -0.1) is 22.7 Å². The summed E-state index contributed by atoms with van der Waals surface area (Å²) < 4.78 is 7.41. The third kappa shape index (κ3) is 2.20. The van der Waals surface area contributed by atoms with Crippen molar-refractivity contribution in [2.45, 2.75) is 0 Å². The molecule has 0 amide bonds. The van der Waals surface area contributed by atoms with E-state index in [1.165, 1.54) is 9.40 Å². The molecule has 0 radical (unpaired) electrons. The number of thiophene rings is 2. The molecule has 1 nitrogen and oxygen atoms in total. The molecule has 0 fully saturated rings. The first-order chi connectivity index (χ1) is 6.47. The van der Waals surface area contributed by atoms with Crippen LogP contribution in [0.3, 0.4) is 0 Å². The van der Waals surface area contributed by atoms with Crippen molar-refractivity contribution >= 4 is 32.1 Å². The first-order valence-electron chi connectivity index (χ1n) is 3.85. The van der Waals surface area contributed by atoms with Crippen molar-refractivity contribution in [2.24, 2.45) is 0 Å². The summed E-state index contributed by atoms with van der Waals surface area (Å²) in [4.78, 5) is 0. The molecule has 0 aliphatic carbocycles. The van der Waals surface area contributed by atoms with Gasteiger partial charge in [-0.05, 0) is 35.0 Å². The maximum Gasteiger partial charge on any atom is 0.0902 e. The predicted molar refractivity (Wildman–Crippen MR) is 58.4 cm³/mol. The second-order valence-corrected chi connectivity index (χ2v) is 4.26. The third-order valence-electron chi connectivity index (χ3n) is 1.50. The normalized spacial score (nSPS) is 9.54. The van der Waals surface area contributed by atoms with Crippen LogP contribution in [0.25, 0.3) is 9.40 Å². The van der Waals surface area contributed by atoms with Crippen LogP contribution in [0, 0.1) is 0 Å². The first kappa shape index (κ1) is 8.53. The third-order valence-corrected chi connectivity index (χ3v) is 3.39. The average Bonchev–Trinajstić information content (AvgIpc) is 2.84. The Balaban J connectivity index is 0.000000113. The second kappa shape index (κ2) is 4.25.